The van der Waals surface area contributed by atoms with Crippen LogP contribution in [0.25, 0.3) is 0 Å². The first-order valence-electron chi connectivity index (χ1n) is 5.54. The van der Waals surface area contributed by atoms with Gasteiger partial charge in [0.15, 0.2) is 0 Å². The first-order chi connectivity index (χ1) is 6.51. The van der Waals surface area contributed by atoms with E-state index >= 15 is 0 Å². The van der Waals surface area contributed by atoms with E-state index in [0.29, 0.717) is 0 Å². The van der Waals surface area contributed by atoms with Crippen LogP contribution in [0.1, 0.15) is 41.5 Å². The van der Waals surface area contributed by atoms with Gasteiger partial charge < -0.3 is 0 Å². The molecule has 0 fully saturated rings. The minimum Gasteiger partial charge on any atom is -0.280 e. The lowest BCUT2D eigenvalue weighted by molar-refractivity contribution is -0.474. The summed E-state index contributed by atoms with van der Waals surface area (Å²) >= 11 is 0. The lowest BCUT2D eigenvalue weighted by Crippen LogP contribution is -2.61. The maximum absolute atomic E-state index is 3.28. The molecular formula is C12H28N3+. The Kier molecular flexibility index (Phi) is 4.20. The first-order valence-corrected chi connectivity index (χ1v) is 5.54. The highest BCUT2D eigenvalue weighted by atomic mass is 15.4. The Balaban J connectivity index is 5.42. The molecule has 90 valence electrons. The molecule has 0 unspecified atom stereocenters. The summed E-state index contributed by atoms with van der Waals surface area (Å²) in [6.45, 7) is 13.4. The molecule has 1 N–H and O–H groups in total. The molecule has 0 aliphatic carbocycles. The zero-order valence-electron chi connectivity index (χ0n) is 11.9. The van der Waals surface area contributed by atoms with Crippen LogP contribution in [0.4, 0.5) is 0 Å². The lowest BCUT2D eigenvalue weighted by Gasteiger charge is -2.42. The van der Waals surface area contributed by atoms with Crippen LogP contribution in [0.15, 0.2) is 0 Å². The average Bonchev–Trinajstić information content (AvgIpc) is 1.93. The summed E-state index contributed by atoms with van der Waals surface area (Å²) in [7, 11) is 6.10. The predicted molar refractivity (Wildman–Crippen MR) is 67.5 cm³/mol. The van der Waals surface area contributed by atoms with Crippen LogP contribution >= 0.6 is 0 Å². The van der Waals surface area contributed by atoms with Crippen LogP contribution in [0.2, 0.25) is 0 Å². The highest BCUT2D eigenvalue weighted by molar-refractivity contribution is 5.76. The number of nitrogens with zero attached hydrogens (tertiary/aromatic N) is 2. The summed E-state index contributed by atoms with van der Waals surface area (Å²) in [6, 6.07) is 0. The highest BCUT2D eigenvalue weighted by Crippen LogP contribution is 2.24. The molecule has 0 amide bonds. The quantitative estimate of drug-likeness (QED) is 0.376. The van der Waals surface area contributed by atoms with Gasteiger partial charge in [-0.3, -0.25) is 14.8 Å². The van der Waals surface area contributed by atoms with E-state index in [0.717, 1.165) is 5.96 Å². The Bertz CT molecular complexity index is 223. The van der Waals surface area contributed by atoms with Crippen molar-refractivity contribution >= 4 is 5.96 Å². The van der Waals surface area contributed by atoms with Gasteiger partial charge in [0.1, 0.15) is 0 Å². The van der Waals surface area contributed by atoms with Crippen molar-refractivity contribution in [3.8, 4) is 0 Å². The summed E-state index contributed by atoms with van der Waals surface area (Å²) < 4.78 is 2.12. The van der Waals surface area contributed by atoms with Crippen molar-refractivity contribution in [2.24, 2.45) is 0 Å². The molecule has 0 spiro atoms. The number of rotatable bonds is 0. The van der Waals surface area contributed by atoms with Crippen LogP contribution < -0.4 is 5.32 Å². The third-order valence-electron chi connectivity index (χ3n) is 2.20. The molecule has 0 heterocycles. The molecule has 0 aromatic heterocycles. The average molecular weight is 214 g/mol. The predicted octanol–water partition coefficient (Wildman–Crippen LogP) is 1.73. The van der Waals surface area contributed by atoms with Crippen LogP contribution in [0.3, 0.4) is 0 Å². The molecule has 0 aliphatic heterocycles. The van der Waals surface area contributed by atoms with Gasteiger partial charge in [0.25, 0.3) is 0 Å². The molecule has 0 rings (SSSR count). The zero-order valence-corrected chi connectivity index (χ0v) is 11.9. The largest absolute Gasteiger partial charge is 0.348 e. The molecule has 3 heteroatoms. The van der Waals surface area contributed by atoms with E-state index in [1.54, 1.807) is 0 Å². The molecule has 0 aliphatic rings. The minimum atomic E-state index is 0.0981. The van der Waals surface area contributed by atoms with Gasteiger partial charge in [-0.25, -0.2) is 0 Å². The van der Waals surface area contributed by atoms with Gasteiger partial charge in [-0.15, -0.1) is 0 Å². The second-order valence-electron chi connectivity index (χ2n) is 6.15. The molecule has 0 radical (unpaired) electrons. The van der Waals surface area contributed by atoms with Crippen LogP contribution in [0.5, 0.6) is 0 Å². The van der Waals surface area contributed by atoms with Gasteiger partial charge in [0.2, 0.25) is 0 Å². The summed E-state index contributed by atoms with van der Waals surface area (Å²) in [5.41, 5.74) is 0.196. The van der Waals surface area contributed by atoms with Crippen molar-refractivity contribution in [1.82, 2.24) is 10.2 Å². The summed E-state index contributed by atoms with van der Waals surface area (Å²) in [4.78, 5) is 2.40. The third-order valence-corrected chi connectivity index (χ3v) is 2.20. The zero-order chi connectivity index (χ0) is 12.4. The maximum Gasteiger partial charge on any atom is 0.348 e. The lowest BCUT2D eigenvalue weighted by atomic mass is 9.96. The standard InChI is InChI=1S/C12H27N3/c1-11(2,3)15(12(4,5)6)10(13-7)14(8)9/h1-9H3/p+1. The normalized spacial score (nSPS) is 12.3. The van der Waals surface area contributed by atoms with E-state index < -0.39 is 0 Å². The molecule has 0 aromatic rings. The molecular weight excluding hydrogens is 186 g/mol. The van der Waals surface area contributed by atoms with Gasteiger partial charge in [0, 0.05) is 0 Å². The SMILES string of the molecule is CNC(N(C(C)(C)C)C(C)(C)C)=[N+](C)C. The van der Waals surface area contributed by atoms with Crippen molar-refractivity contribution in [3.63, 3.8) is 0 Å². The van der Waals surface area contributed by atoms with E-state index in [-0.39, 0.29) is 11.1 Å². The van der Waals surface area contributed by atoms with Gasteiger partial charge in [-0.1, -0.05) is 0 Å². The fraction of sp³-hybridized carbons (Fsp3) is 0.917. The van der Waals surface area contributed by atoms with Gasteiger partial charge in [-0.2, -0.15) is 0 Å². The second kappa shape index (κ2) is 4.42. The van der Waals surface area contributed by atoms with Crippen LogP contribution in [-0.2, 0) is 0 Å². The summed E-state index contributed by atoms with van der Waals surface area (Å²) in [5, 5.41) is 3.28. The fourth-order valence-electron chi connectivity index (χ4n) is 2.18. The second-order valence-corrected chi connectivity index (χ2v) is 6.15. The van der Waals surface area contributed by atoms with Gasteiger partial charge in [0.05, 0.1) is 32.2 Å². The van der Waals surface area contributed by atoms with E-state index in [1.165, 1.54) is 0 Å². The Morgan fingerprint density at radius 3 is 1.33 bits per heavy atom. The van der Waals surface area contributed by atoms with Crippen LogP contribution in [-0.4, -0.2) is 47.7 Å². The van der Waals surface area contributed by atoms with Gasteiger partial charge >= 0.3 is 5.96 Å². The summed E-state index contributed by atoms with van der Waals surface area (Å²) in [5.74, 6) is 1.15. The third kappa shape index (κ3) is 3.73. The molecule has 15 heavy (non-hydrogen) atoms. The Hall–Kier alpha value is -0.730. The molecule has 0 bridgehead atoms. The number of nitrogens with one attached hydrogen (secondary N) is 1. The topological polar surface area (TPSA) is 18.3 Å². The molecule has 0 aromatic carbocycles. The van der Waals surface area contributed by atoms with Crippen molar-refractivity contribution in [2.45, 2.75) is 52.6 Å². The molecule has 0 saturated heterocycles. The monoisotopic (exact) mass is 214 g/mol. The molecule has 0 atom stereocenters. The van der Waals surface area contributed by atoms with Crippen LogP contribution in [0, 0.1) is 0 Å². The Morgan fingerprint density at radius 1 is 0.933 bits per heavy atom. The Labute approximate surface area is 95.2 Å². The van der Waals surface area contributed by atoms with Crippen molar-refractivity contribution in [3.05, 3.63) is 0 Å². The fourth-order valence-corrected chi connectivity index (χ4v) is 2.18. The smallest absolute Gasteiger partial charge is 0.280 e. The number of hydrogen-bond donors (Lipinski definition) is 1. The number of hydrogen-bond acceptors (Lipinski definition) is 0. The first kappa shape index (κ1) is 14.3. The Morgan fingerprint density at radius 2 is 1.27 bits per heavy atom. The highest BCUT2D eigenvalue weighted by Gasteiger charge is 2.39. The van der Waals surface area contributed by atoms with E-state index in [4.69, 9.17) is 0 Å². The van der Waals surface area contributed by atoms with Crippen molar-refractivity contribution in [1.29, 1.82) is 0 Å². The summed E-state index contributed by atoms with van der Waals surface area (Å²) in [6.07, 6.45) is 0. The maximum atomic E-state index is 3.28. The number of guanidine groups is 1. The minimum absolute atomic E-state index is 0.0981. The van der Waals surface area contributed by atoms with Crippen molar-refractivity contribution < 1.29 is 4.58 Å². The molecule has 0 saturated carbocycles. The van der Waals surface area contributed by atoms with Crippen molar-refractivity contribution in [2.75, 3.05) is 21.1 Å². The van der Waals surface area contributed by atoms with Gasteiger partial charge in [-0.05, 0) is 41.5 Å². The molecule has 3 nitrogen and oxygen atoms in total. The van der Waals surface area contributed by atoms with E-state index in [1.807, 2.05) is 7.05 Å². The van der Waals surface area contributed by atoms with E-state index in [9.17, 15) is 0 Å². The van der Waals surface area contributed by atoms with E-state index in [2.05, 4.69) is 70.4 Å².